The van der Waals surface area contributed by atoms with Crippen LogP contribution >= 0.6 is 0 Å². The van der Waals surface area contributed by atoms with Crippen LogP contribution < -0.4 is 0 Å². The van der Waals surface area contributed by atoms with E-state index in [-0.39, 0.29) is 12.8 Å². The molecule has 1 N–H and O–H groups in total. The van der Waals surface area contributed by atoms with Gasteiger partial charge in [-0.05, 0) is 0 Å². The van der Waals surface area contributed by atoms with Gasteiger partial charge in [-0.2, -0.15) is 0 Å². The van der Waals surface area contributed by atoms with E-state index in [1.165, 1.54) is 6.20 Å². The van der Waals surface area contributed by atoms with Gasteiger partial charge in [-0.25, -0.2) is 9.97 Å². The molecular weight excluding hydrogens is 210 g/mol. The van der Waals surface area contributed by atoms with Crippen LogP contribution in [-0.4, -0.2) is 26.0 Å². The van der Waals surface area contributed by atoms with Crippen molar-refractivity contribution in [2.24, 2.45) is 0 Å². The van der Waals surface area contributed by atoms with E-state index in [9.17, 15) is 4.79 Å². The fraction of sp³-hybridized carbons (Fsp3) is 0.200. The largest absolute Gasteiger partial charge is 0.481 e. The second-order valence-electron chi connectivity index (χ2n) is 3.10. The van der Waals surface area contributed by atoms with Crippen LogP contribution in [0.15, 0.2) is 29.2 Å². The lowest BCUT2D eigenvalue weighted by Crippen LogP contribution is -1.97. The Morgan fingerprint density at radius 3 is 2.88 bits per heavy atom. The molecule has 0 bridgehead atoms. The molecule has 0 saturated carbocycles. The molecule has 0 saturated heterocycles. The van der Waals surface area contributed by atoms with Gasteiger partial charge in [0.05, 0.1) is 18.8 Å². The van der Waals surface area contributed by atoms with Crippen LogP contribution in [0.25, 0.3) is 11.5 Å². The molecule has 0 aliphatic rings. The first-order valence-corrected chi connectivity index (χ1v) is 4.68. The highest BCUT2D eigenvalue weighted by molar-refractivity contribution is 5.66. The Balaban J connectivity index is 2.11. The zero-order valence-corrected chi connectivity index (χ0v) is 8.33. The molecule has 2 rings (SSSR count). The number of aromatic nitrogens is 3. The average molecular weight is 219 g/mol. The maximum atomic E-state index is 10.4. The molecule has 0 unspecified atom stereocenters. The normalized spacial score (nSPS) is 10.2. The zero-order chi connectivity index (χ0) is 11.4. The minimum atomic E-state index is -0.876. The molecule has 6 nitrogen and oxygen atoms in total. The van der Waals surface area contributed by atoms with Gasteiger partial charge in [0.15, 0.2) is 11.7 Å². The quantitative estimate of drug-likeness (QED) is 0.829. The standard InChI is InChI=1S/C10H9N3O3/c14-10(15)2-1-9-13-6-8(16-9)7-5-11-3-4-12-7/h3-6H,1-2H2,(H,14,15). The highest BCUT2D eigenvalue weighted by Crippen LogP contribution is 2.17. The zero-order valence-electron chi connectivity index (χ0n) is 8.33. The number of hydrogen-bond donors (Lipinski definition) is 1. The number of carbonyl (C=O) groups is 1. The Labute approximate surface area is 91.0 Å². The molecule has 0 aliphatic heterocycles. The second kappa shape index (κ2) is 4.52. The van der Waals surface area contributed by atoms with Crippen LogP contribution in [0, 0.1) is 0 Å². The first kappa shape index (κ1) is 10.3. The Hall–Kier alpha value is -2.24. The smallest absolute Gasteiger partial charge is 0.303 e. The van der Waals surface area contributed by atoms with Crippen molar-refractivity contribution in [3.8, 4) is 11.5 Å². The number of carboxylic acid groups (broad SMARTS) is 1. The summed E-state index contributed by atoms with van der Waals surface area (Å²) >= 11 is 0. The topological polar surface area (TPSA) is 89.1 Å². The summed E-state index contributed by atoms with van der Waals surface area (Å²) in [4.78, 5) is 22.3. The molecule has 0 amide bonds. The lowest BCUT2D eigenvalue weighted by atomic mass is 10.3. The number of aryl methyl sites for hydroxylation is 1. The molecule has 6 heteroatoms. The summed E-state index contributed by atoms with van der Waals surface area (Å²) in [6.45, 7) is 0. The minimum absolute atomic E-state index is 0.000418. The van der Waals surface area contributed by atoms with Crippen molar-refractivity contribution in [1.29, 1.82) is 0 Å². The van der Waals surface area contributed by atoms with E-state index in [2.05, 4.69) is 15.0 Å². The third-order valence-corrected chi connectivity index (χ3v) is 1.92. The monoisotopic (exact) mass is 219 g/mol. The molecule has 0 spiro atoms. The van der Waals surface area contributed by atoms with Crippen LogP contribution in [0.5, 0.6) is 0 Å². The summed E-state index contributed by atoms with van der Waals surface area (Å²) in [6.07, 6.45) is 6.46. The van der Waals surface area contributed by atoms with Crippen molar-refractivity contribution in [1.82, 2.24) is 15.0 Å². The molecule has 0 atom stereocenters. The fourth-order valence-corrected chi connectivity index (χ4v) is 1.18. The van der Waals surface area contributed by atoms with Gasteiger partial charge in [-0.15, -0.1) is 0 Å². The fourth-order valence-electron chi connectivity index (χ4n) is 1.18. The molecule has 0 aromatic carbocycles. The van der Waals surface area contributed by atoms with Gasteiger partial charge in [0.1, 0.15) is 5.69 Å². The van der Waals surface area contributed by atoms with Crippen molar-refractivity contribution in [3.63, 3.8) is 0 Å². The molecule has 0 fully saturated rings. The first-order valence-electron chi connectivity index (χ1n) is 4.68. The van der Waals surface area contributed by atoms with Crippen LogP contribution in [0.4, 0.5) is 0 Å². The van der Waals surface area contributed by atoms with E-state index in [1.807, 2.05) is 0 Å². The van der Waals surface area contributed by atoms with Gasteiger partial charge < -0.3 is 9.52 Å². The van der Waals surface area contributed by atoms with E-state index in [4.69, 9.17) is 9.52 Å². The molecule has 2 aromatic rings. The van der Waals surface area contributed by atoms with Gasteiger partial charge in [0.25, 0.3) is 0 Å². The molecule has 82 valence electrons. The lowest BCUT2D eigenvalue weighted by molar-refractivity contribution is -0.137. The molecule has 2 aromatic heterocycles. The molecule has 2 heterocycles. The minimum Gasteiger partial charge on any atom is -0.481 e. The number of oxazole rings is 1. The predicted octanol–water partition coefficient (Wildman–Crippen LogP) is 1.15. The summed E-state index contributed by atoms with van der Waals surface area (Å²) in [7, 11) is 0. The van der Waals surface area contributed by atoms with E-state index < -0.39 is 5.97 Å². The van der Waals surface area contributed by atoms with Gasteiger partial charge in [0, 0.05) is 18.8 Å². The van der Waals surface area contributed by atoms with E-state index in [1.54, 1.807) is 18.6 Å². The summed E-state index contributed by atoms with van der Waals surface area (Å²) < 4.78 is 5.34. The van der Waals surface area contributed by atoms with Gasteiger partial charge in [-0.1, -0.05) is 0 Å². The molecule has 16 heavy (non-hydrogen) atoms. The summed E-state index contributed by atoms with van der Waals surface area (Å²) in [5.74, 6) is 0.01000. The Morgan fingerprint density at radius 1 is 1.31 bits per heavy atom. The van der Waals surface area contributed by atoms with E-state index >= 15 is 0 Å². The van der Waals surface area contributed by atoms with Gasteiger partial charge >= 0.3 is 5.97 Å². The van der Waals surface area contributed by atoms with Gasteiger partial charge in [0.2, 0.25) is 0 Å². The van der Waals surface area contributed by atoms with Gasteiger partial charge in [-0.3, -0.25) is 9.78 Å². The van der Waals surface area contributed by atoms with E-state index in [0.717, 1.165) is 0 Å². The van der Waals surface area contributed by atoms with Crippen molar-refractivity contribution in [2.75, 3.05) is 0 Å². The summed E-state index contributed by atoms with van der Waals surface area (Å²) in [5, 5.41) is 8.51. The second-order valence-corrected chi connectivity index (χ2v) is 3.10. The van der Waals surface area contributed by atoms with Crippen LogP contribution in [0.3, 0.4) is 0 Å². The highest BCUT2D eigenvalue weighted by atomic mass is 16.4. The van der Waals surface area contributed by atoms with Crippen molar-refractivity contribution in [2.45, 2.75) is 12.8 Å². The van der Waals surface area contributed by atoms with Crippen molar-refractivity contribution < 1.29 is 14.3 Å². The number of nitrogens with zero attached hydrogens (tertiary/aromatic N) is 3. The van der Waals surface area contributed by atoms with Crippen LogP contribution in [0.2, 0.25) is 0 Å². The SMILES string of the molecule is O=C(O)CCc1ncc(-c2cnccn2)o1. The molecule has 0 aliphatic carbocycles. The number of rotatable bonds is 4. The maximum Gasteiger partial charge on any atom is 0.303 e. The molecule has 0 radical (unpaired) electrons. The van der Waals surface area contributed by atoms with Crippen molar-refractivity contribution >= 4 is 5.97 Å². The summed E-state index contributed by atoms with van der Waals surface area (Å²) in [6, 6.07) is 0. The Kier molecular flexibility index (Phi) is 2.90. The number of carboxylic acids is 1. The lowest BCUT2D eigenvalue weighted by Gasteiger charge is -1.93. The van der Waals surface area contributed by atoms with E-state index in [0.29, 0.717) is 17.3 Å². The first-order chi connectivity index (χ1) is 7.75. The Bertz CT molecular complexity index is 481. The maximum absolute atomic E-state index is 10.4. The highest BCUT2D eigenvalue weighted by Gasteiger charge is 2.08. The average Bonchev–Trinajstić information content (AvgIpc) is 2.76. The van der Waals surface area contributed by atoms with Crippen LogP contribution in [-0.2, 0) is 11.2 Å². The number of aliphatic carboxylic acids is 1. The van der Waals surface area contributed by atoms with Crippen LogP contribution in [0.1, 0.15) is 12.3 Å². The predicted molar refractivity (Wildman–Crippen MR) is 53.5 cm³/mol. The van der Waals surface area contributed by atoms with Crippen molar-refractivity contribution in [3.05, 3.63) is 30.7 Å². The molecular formula is C10H9N3O3. The number of hydrogen-bond acceptors (Lipinski definition) is 5. The third-order valence-electron chi connectivity index (χ3n) is 1.92. The Morgan fingerprint density at radius 2 is 2.19 bits per heavy atom. The summed E-state index contributed by atoms with van der Waals surface area (Å²) in [5.41, 5.74) is 0.580. The third kappa shape index (κ3) is 2.41.